The van der Waals surface area contributed by atoms with Crippen LogP contribution >= 0.6 is 22.9 Å². The summed E-state index contributed by atoms with van der Waals surface area (Å²) in [6, 6.07) is 10.3. The van der Waals surface area contributed by atoms with E-state index in [4.69, 9.17) is 30.5 Å². The highest BCUT2D eigenvalue weighted by atomic mass is 35.5. The first-order valence-corrected chi connectivity index (χ1v) is 18.0. The third-order valence-corrected chi connectivity index (χ3v) is 13.4. The zero-order valence-corrected chi connectivity index (χ0v) is 26.7. The summed E-state index contributed by atoms with van der Waals surface area (Å²) in [5.41, 5.74) is 1.90. The van der Waals surface area contributed by atoms with E-state index in [1.54, 1.807) is 26.4 Å². The van der Waals surface area contributed by atoms with Crippen molar-refractivity contribution in [3.63, 3.8) is 0 Å². The van der Waals surface area contributed by atoms with E-state index in [1.807, 2.05) is 25.1 Å². The van der Waals surface area contributed by atoms with Crippen LogP contribution in [0.5, 0.6) is 17.2 Å². The molecule has 10 nitrogen and oxygen atoms in total. The van der Waals surface area contributed by atoms with Crippen molar-refractivity contribution in [2.24, 2.45) is 0 Å². The number of hydrogen-bond donors (Lipinski definition) is 2. The number of nitrogens with one attached hydrogen (secondary N) is 2. The third kappa shape index (κ3) is 6.21. The lowest BCUT2D eigenvalue weighted by molar-refractivity contribution is 0.0967. The third-order valence-electron chi connectivity index (χ3n) is 7.67. The topological polar surface area (TPSA) is 111 Å². The van der Waals surface area contributed by atoms with Gasteiger partial charge in [0.1, 0.15) is 17.2 Å². The summed E-state index contributed by atoms with van der Waals surface area (Å²) in [6.07, 6.45) is 0.796. The van der Waals surface area contributed by atoms with Gasteiger partial charge in [-0.1, -0.05) is 24.2 Å². The smallest absolute Gasteiger partial charge is 0.327 e. The molecule has 3 aromatic rings. The molecule has 1 saturated heterocycles. The number of carbonyl (C=O) groups excluding carboxylic acids is 2. The van der Waals surface area contributed by atoms with Crippen LogP contribution in [-0.4, -0.2) is 72.1 Å². The number of aromatic nitrogens is 1. The molecule has 224 valence electrons. The number of aryl methyl sites for hydroxylation is 1. The SMILES string of the molecule is CCOc1cc(Cl)c(C(=O)NC(=O)Nc2nc3c(s2)C[Si](C)(c2c(OC)cccc2OC)CC3)cc1N1CCOCC1. The van der Waals surface area contributed by atoms with Gasteiger partial charge in [-0.3, -0.25) is 15.4 Å². The maximum atomic E-state index is 13.2. The second kappa shape index (κ2) is 12.9. The largest absolute Gasteiger partial charge is 0.497 e. The highest BCUT2D eigenvalue weighted by Crippen LogP contribution is 2.38. The predicted octanol–water partition coefficient (Wildman–Crippen LogP) is 4.63. The van der Waals surface area contributed by atoms with Crippen molar-refractivity contribution in [2.75, 3.05) is 57.3 Å². The minimum Gasteiger partial charge on any atom is -0.497 e. The van der Waals surface area contributed by atoms with E-state index in [2.05, 4.69) is 27.1 Å². The van der Waals surface area contributed by atoms with E-state index in [0.717, 1.165) is 51.5 Å². The number of imide groups is 1. The Bertz CT molecular complexity index is 1460. The number of thiazole rings is 1. The maximum Gasteiger partial charge on any atom is 0.327 e. The normalized spacial score (nSPS) is 18.2. The molecule has 0 radical (unpaired) electrons. The first-order valence-electron chi connectivity index (χ1n) is 13.9. The van der Waals surface area contributed by atoms with Gasteiger partial charge < -0.3 is 23.8 Å². The summed E-state index contributed by atoms with van der Waals surface area (Å²) in [4.78, 5) is 33.9. The molecule has 0 aliphatic carbocycles. The number of hydrogen-bond acceptors (Lipinski definition) is 9. The molecule has 0 spiro atoms. The highest BCUT2D eigenvalue weighted by Gasteiger charge is 2.40. The standard InChI is InChI=1S/C29H35ClN4O6SSi/c1-5-40-24-16-19(30)18(15-21(24)34-10-12-39-13-11-34)27(35)32-28(36)33-29-31-20-9-14-42(4,17-25(20)41-29)26-22(37-2)7-6-8-23(26)38-3/h6-8,15-16H,5,9-14,17H2,1-4H3,(H2,31,32,33,35,36). The average molecular weight is 631 g/mol. The fourth-order valence-electron chi connectivity index (χ4n) is 5.61. The number of carbonyl (C=O) groups is 2. The van der Waals surface area contributed by atoms with Crippen molar-refractivity contribution in [1.82, 2.24) is 10.3 Å². The van der Waals surface area contributed by atoms with Crippen LogP contribution in [0.2, 0.25) is 17.6 Å². The molecule has 1 fully saturated rings. The molecule has 1 atom stereocenters. The number of anilines is 2. The molecular formula is C29H35ClN4O6SSi. The lowest BCUT2D eigenvalue weighted by Crippen LogP contribution is -2.50. The van der Waals surface area contributed by atoms with E-state index >= 15 is 0 Å². The molecule has 5 rings (SSSR count). The van der Waals surface area contributed by atoms with Crippen LogP contribution in [0.3, 0.4) is 0 Å². The van der Waals surface area contributed by atoms with Crippen LogP contribution in [0, 0.1) is 0 Å². The van der Waals surface area contributed by atoms with Gasteiger partial charge in [-0.2, -0.15) is 0 Å². The second-order valence-corrected chi connectivity index (χ2v) is 16.4. The van der Waals surface area contributed by atoms with Crippen molar-refractivity contribution in [1.29, 1.82) is 0 Å². The van der Waals surface area contributed by atoms with Crippen molar-refractivity contribution in [2.45, 2.75) is 32.0 Å². The lowest BCUT2D eigenvalue weighted by Gasteiger charge is -2.33. The molecule has 2 aliphatic rings. The fourth-order valence-corrected chi connectivity index (χ4v) is 11.8. The van der Waals surface area contributed by atoms with Gasteiger partial charge in [0, 0.05) is 29.2 Å². The average Bonchev–Trinajstić information content (AvgIpc) is 3.37. The molecule has 2 aromatic carbocycles. The molecular weight excluding hydrogens is 596 g/mol. The first-order chi connectivity index (χ1) is 20.3. The minimum absolute atomic E-state index is 0.183. The Kier molecular flexibility index (Phi) is 9.26. The number of amides is 3. The number of benzene rings is 2. The first kappa shape index (κ1) is 30.1. The summed E-state index contributed by atoms with van der Waals surface area (Å²) >= 11 is 7.90. The maximum absolute atomic E-state index is 13.2. The summed E-state index contributed by atoms with van der Waals surface area (Å²) in [7, 11) is 1.34. The number of methoxy groups -OCH3 is 2. The quantitative estimate of drug-likeness (QED) is 0.347. The van der Waals surface area contributed by atoms with Gasteiger partial charge in [0.2, 0.25) is 0 Å². The molecule has 42 heavy (non-hydrogen) atoms. The molecule has 1 aromatic heterocycles. The number of rotatable bonds is 8. The number of morpholine rings is 1. The number of ether oxygens (including phenoxy) is 4. The van der Waals surface area contributed by atoms with Crippen molar-refractivity contribution in [3.8, 4) is 17.2 Å². The number of urea groups is 1. The van der Waals surface area contributed by atoms with Gasteiger partial charge >= 0.3 is 6.03 Å². The molecule has 13 heteroatoms. The minimum atomic E-state index is -2.03. The Morgan fingerprint density at radius 2 is 1.86 bits per heavy atom. The van der Waals surface area contributed by atoms with E-state index in [-0.39, 0.29) is 10.6 Å². The molecule has 2 N–H and O–H groups in total. The van der Waals surface area contributed by atoms with Gasteiger partial charge in [-0.25, -0.2) is 9.78 Å². The second-order valence-electron chi connectivity index (χ2n) is 10.4. The molecule has 1 unspecified atom stereocenters. The van der Waals surface area contributed by atoms with E-state index < -0.39 is 20.0 Å². The van der Waals surface area contributed by atoms with Crippen LogP contribution in [0.15, 0.2) is 30.3 Å². The predicted molar refractivity (Wildman–Crippen MR) is 167 cm³/mol. The van der Waals surface area contributed by atoms with E-state index in [1.165, 1.54) is 11.3 Å². The van der Waals surface area contributed by atoms with Crippen LogP contribution in [-0.2, 0) is 17.2 Å². The summed E-state index contributed by atoms with van der Waals surface area (Å²) < 4.78 is 22.7. The Morgan fingerprint density at radius 1 is 1.14 bits per heavy atom. The van der Waals surface area contributed by atoms with Crippen molar-refractivity contribution < 1.29 is 28.5 Å². The number of fused-ring (bicyclic) bond motifs is 1. The Balaban J connectivity index is 1.30. The van der Waals surface area contributed by atoms with Gasteiger partial charge in [0.15, 0.2) is 5.13 Å². The molecule has 0 saturated carbocycles. The Hall–Kier alpha value is -3.32. The molecule has 3 heterocycles. The Labute approximate surface area is 255 Å². The monoisotopic (exact) mass is 630 g/mol. The van der Waals surface area contributed by atoms with Crippen LogP contribution in [0.25, 0.3) is 0 Å². The van der Waals surface area contributed by atoms with Crippen LogP contribution in [0.1, 0.15) is 27.9 Å². The van der Waals surface area contributed by atoms with Gasteiger partial charge in [0.05, 0.1) is 64.1 Å². The van der Waals surface area contributed by atoms with Crippen molar-refractivity contribution >= 4 is 59.0 Å². The van der Waals surface area contributed by atoms with E-state index in [9.17, 15) is 9.59 Å². The lowest BCUT2D eigenvalue weighted by atomic mass is 10.1. The van der Waals surface area contributed by atoms with E-state index in [0.29, 0.717) is 43.8 Å². The number of nitrogens with zero attached hydrogens (tertiary/aromatic N) is 2. The van der Waals surface area contributed by atoms with Gasteiger partial charge in [0.25, 0.3) is 5.91 Å². The Morgan fingerprint density at radius 3 is 2.52 bits per heavy atom. The number of halogens is 1. The van der Waals surface area contributed by atoms with Crippen LogP contribution in [0.4, 0.5) is 15.6 Å². The summed E-state index contributed by atoms with van der Waals surface area (Å²) in [6.45, 7) is 7.13. The van der Waals surface area contributed by atoms with Gasteiger partial charge in [-0.15, -0.1) is 11.3 Å². The summed E-state index contributed by atoms with van der Waals surface area (Å²) in [5.74, 6) is 1.66. The highest BCUT2D eigenvalue weighted by molar-refractivity contribution is 7.16. The molecule has 0 bridgehead atoms. The van der Waals surface area contributed by atoms with Gasteiger partial charge in [-0.05, 0) is 43.6 Å². The fraction of sp³-hybridized carbons (Fsp3) is 0.414. The zero-order chi connectivity index (χ0) is 29.9. The molecule has 3 amide bonds. The summed E-state index contributed by atoms with van der Waals surface area (Å²) in [5, 5.41) is 6.96. The van der Waals surface area contributed by atoms with Crippen molar-refractivity contribution in [3.05, 3.63) is 51.5 Å². The zero-order valence-electron chi connectivity index (χ0n) is 24.2. The molecule has 2 aliphatic heterocycles. The van der Waals surface area contributed by atoms with Crippen LogP contribution < -0.4 is 34.9 Å².